The van der Waals surface area contributed by atoms with Gasteiger partial charge in [-0.1, -0.05) is 37.1 Å². The van der Waals surface area contributed by atoms with E-state index in [-0.39, 0.29) is 59.2 Å². The molecule has 4 aromatic rings. The summed E-state index contributed by atoms with van der Waals surface area (Å²) in [5.74, 6) is 2.21. The molecule has 2 aliphatic heterocycles. The van der Waals surface area contributed by atoms with E-state index in [2.05, 4.69) is 44.3 Å². The molecule has 15 nitrogen and oxygen atoms in total. The van der Waals surface area contributed by atoms with Gasteiger partial charge in [0.05, 0.1) is 38.2 Å². The second-order valence-corrected chi connectivity index (χ2v) is 12.6. The van der Waals surface area contributed by atoms with Crippen molar-refractivity contribution in [2.24, 2.45) is 15.6 Å². The highest BCUT2D eigenvalue weighted by molar-refractivity contribution is 7.02. The molecule has 0 saturated carbocycles. The molecular weight excluding hydrogens is 685 g/mol. The summed E-state index contributed by atoms with van der Waals surface area (Å²) in [5, 5.41) is 13.3. The number of carboxylic acid groups (broad SMARTS) is 1. The number of terminal acetylenes is 1. The number of benzene rings is 2. The zero-order valence-electron chi connectivity index (χ0n) is 28.6. The molecule has 0 unspecified atom stereocenters. The highest BCUT2D eigenvalue weighted by Crippen LogP contribution is 2.38. The number of amides is 1. The normalized spacial score (nSPS) is 14.7. The molecule has 2 aromatic carbocycles. The maximum Gasteiger partial charge on any atom is 0.340 e. The predicted molar refractivity (Wildman–Crippen MR) is 184 cm³/mol. The summed E-state index contributed by atoms with van der Waals surface area (Å²) in [7, 11) is 4.24. The van der Waals surface area contributed by atoms with E-state index in [1.165, 1.54) is 62.0 Å². The van der Waals surface area contributed by atoms with Crippen molar-refractivity contribution in [2.75, 3.05) is 39.4 Å². The third-order valence-electron chi connectivity index (χ3n) is 7.57. The molecule has 0 spiro atoms. The van der Waals surface area contributed by atoms with Gasteiger partial charge in [-0.05, 0) is 24.5 Å². The number of hydrogen-bond acceptors (Lipinski definition) is 13. The number of halogens is 1. The summed E-state index contributed by atoms with van der Waals surface area (Å²) in [5.41, 5.74) is 1.32. The monoisotopic (exact) mass is 719 g/mol. The Labute approximate surface area is 296 Å². The number of oxime groups is 1. The van der Waals surface area contributed by atoms with Crippen LogP contribution in [0.25, 0.3) is 0 Å². The number of fused-ring (bicyclic) bond motifs is 2. The van der Waals surface area contributed by atoms with Crippen LogP contribution < -0.4 is 28.6 Å². The molecule has 0 aliphatic carbocycles. The molecule has 51 heavy (non-hydrogen) atoms. The number of hydrogen-bond donors (Lipinski definition) is 1. The predicted octanol–water partition coefficient (Wildman–Crippen LogP) is 4.61. The van der Waals surface area contributed by atoms with Crippen LogP contribution in [0.4, 0.5) is 15.8 Å². The standard InChI is InChI=1S/C18H17FN4O2S.C16H17N3O6/c1-4-5-22-13-7-12(11(19)6-14(13)25-9-16(22)24)20-17-23-10-18(2,3)8-15(23)21-26-17;1-9(19-24-4)10-6-5-7-11(14(10)15(20)21)25-16-17-12(22-2)8-13(18-16)23-3/h1,6-7H,5,8-10H2,2-3H3;5-8H,1-4H3,(H,20,21)/b20-17-;. The zero-order valence-corrected chi connectivity index (χ0v) is 29.4. The minimum absolute atomic E-state index is 0.0472. The quantitative estimate of drug-likeness (QED) is 0.145. The first-order chi connectivity index (χ1) is 24.4. The lowest BCUT2D eigenvalue weighted by molar-refractivity contribution is -0.121. The SMILES string of the molecule is C#CCN1C(=O)COc2cc(F)c(/N=c3\snc4n3CC(C)(C)C4)cc21.CON=C(C)c1cccc(Oc2nc(OC)cc(OC)n2)c1C(=O)O. The van der Waals surface area contributed by atoms with Crippen molar-refractivity contribution in [3.63, 3.8) is 0 Å². The molecule has 0 atom stereocenters. The number of rotatable bonds is 9. The molecule has 1 N–H and O–H groups in total. The summed E-state index contributed by atoms with van der Waals surface area (Å²) in [6.07, 6.45) is 6.22. The molecule has 0 saturated heterocycles. The number of carbonyl (C=O) groups is 2. The molecular formula is C34H34FN7O8S. The molecule has 0 bridgehead atoms. The first-order valence-electron chi connectivity index (χ1n) is 15.3. The van der Waals surface area contributed by atoms with Crippen LogP contribution in [0.5, 0.6) is 29.3 Å². The van der Waals surface area contributed by atoms with E-state index in [0.29, 0.717) is 27.5 Å². The highest BCUT2D eigenvalue weighted by Gasteiger charge is 2.31. The Balaban J connectivity index is 0.000000198. The first-order valence-corrected chi connectivity index (χ1v) is 16.0. The van der Waals surface area contributed by atoms with Crippen LogP contribution in [-0.4, -0.2) is 76.1 Å². The number of methoxy groups -OCH3 is 2. The van der Waals surface area contributed by atoms with Gasteiger partial charge in [-0.2, -0.15) is 14.3 Å². The van der Waals surface area contributed by atoms with E-state index in [4.69, 9.17) is 30.2 Å². The Morgan fingerprint density at radius 1 is 1.18 bits per heavy atom. The van der Waals surface area contributed by atoms with Crippen LogP contribution in [0, 0.1) is 23.6 Å². The van der Waals surface area contributed by atoms with E-state index >= 15 is 0 Å². The molecule has 0 fully saturated rings. The lowest BCUT2D eigenvalue weighted by atomic mass is 9.92. The van der Waals surface area contributed by atoms with Gasteiger partial charge in [0.1, 0.15) is 35.7 Å². The summed E-state index contributed by atoms with van der Waals surface area (Å²) in [6.45, 7) is 6.68. The largest absolute Gasteiger partial charge is 0.481 e. The Morgan fingerprint density at radius 3 is 2.55 bits per heavy atom. The van der Waals surface area contributed by atoms with Crippen molar-refractivity contribution in [1.82, 2.24) is 18.9 Å². The average molecular weight is 720 g/mol. The summed E-state index contributed by atoms with van der Waals surface area (Å²) in [4.78, 5) is 43.0. The highest BCUT2D eigenvalue weighted by atomic mass is 32.1. The lowest BCUT2D eigenvalue weighted by Crippen LogP contribution is -2.39. The minimum Gasteiger partial charge on any atom is -0.481 e. The summed E-state index contributed by atoms with van der Waals surface area (Å²) >= 11 is 1.24. The molecule has 1 amide bonds. The van der Waals surface area contributed by atoms with E-state index in [1.807, 2.05) is 4.57 Å². The van der Waals surface area contributed by atoms with Gasteiger partial charge >= 0.3 is 12.0 Å². The molecule has 266 valence electrons. The maximum absolute atomic E-state index is 14.5. The average Bonchev–Trinajstić information content (AvgIpc) is 3.61. The van der Waals surface area contributed by atoms with Crippen molar-refractivity contribution in [1.29, 1.82) is 0 Å². The van der Waals surface area contributed by atoms with Gasteiger partial charge in [-0.3, -0.25) is 9.69 Å². The third-order valence-corrected chi connectivity index (χ3v) is 8.35. The topological polar surface area (TPSA) is 172 Å². The Morgan fingerprint density at radius 2 is 1.90 bits per heavy atom. The number of carboxylic acids is 1. The van der Waals surface area contributed by atoms with E-state index in [9.17, 15) is 19.1 Å². The molecule has 0 radical (unpaired) electrons. The van der Waals surface area contributed by atoms with Gasteiger partial charge in [-0.25, -0.2) is 14.2 Å². The number of anilines is 1. The van der Waals surface area contributed by atoms with E-state index in [0.717, 1.165) is 18.8 Å². The Kier molecular flexibility index (Phi) is 10.8. The maximum atomic E-state index is 14.5. The van der Waals surface area contributed by atoms with Crippen LogP contribution in [0.2, 0.25) is 0 Å². The molecule has 2 aromatic heterocycles. The molecule has 2 aliphatic rings. The van der Waals surface area contributed by atoms with Crippen LogP contribution in [-0.2, 0) is 22.6 Å². The zero-order chi connectivity index (χ0) is 36.9. The van der Waals surface area contributed by atoms with Gasteiger partial charge in [0.15, 0.2) is 12.4 Å². The fourth-order valence-corrected chi connectivity index (χ4v) is 6.07. The summed E-state index contributed by atoms with van der Waals surface area (Å²) < 4.78 is 42.0. The lowest BCUT2D eigenvalue weighted by Gasteiger charge is -2.28. The smallest absolute Gasteiger partial charge is 0.340 e. The van der Waals surface area contributed by atoms with Crippen LogP contribution >= 0.6 is 11.5 Å². The van der Waals surface area contributed by atoms with Crippen molar-refractivity contribution in [3.8, 4) is 41.6 Å². The molecule has 4 heterocycles. The minimum atomic E-state index is -1.19. The number of nitrogens with zero attached hydrogens (tertiary/aromatic N) is 7. The van der Waals surface area contributed by atoms with Crippen LogP contribution in [0.1, 0.15) is 42.5 Å². The van der Waals surface area contributed by atoms with Gasteiger partial charge in [0.25, 0.3) is 5.91 Å². The Hall–Kier alpha value is -6.02. The number of aromatic nitrogens is 4. The van der Waals surface area contributed by atoms with Crippen molar-refractivity contribution in [2.45, 2.75) is 33.7 Å². The number of aromatic carboxylic acids is 1. The van der Waals surface area contributed by atoms with Crippen LogP contribution in [0.3, 0.4) is 0 Å². The fourth-order valence-electron chi connectivity index (χ4n) is 5.31. The van der Waals surface area contributed by atoms with Crippen molar-refractivity contribution >= 4 is 40.5 Å². The van der Waals surface area contributed by atoms with Crippen molar-refractivity contribution in [3.05, 3.63) is 64.0 Å². The first kappa shape index (κ1) is 36.3. The molecule has 17 heteroatoms. The van der Waals surface area contributed by atoms with E-state index < -0.39 is 11.8 Å². The number of ether oxygens (including phenoxy) is 4. The number of carbonyl (C=O) groups excluding carboxylic acids is 1. The fraction of sp³-hybridized carbons (Fsp3) is 0.324. The van der Waals surface area contributed by atoms with Gasteiger partial charge in [-0.15, -0.1) is 6.42 Å². The second-order valence-electron chi connectivity index (χ2n) is 11.8. The third kappa shape index (κ3) is 8.07. The van der Waals surface area contributed by atoms with Crippen LogP contribution in [0.15, 0.2) is 46.5 Å². The summed E-state index contributed by atoms with van der Waals surface area (Å²) in [6, 6.07) is 8.83. The second kappa shape index (κ2) is 15.3. The van der Waals surface area contributed by atoms with Gasteiger partial charge in [0, 0.05) is 36.1 Å². The molecule has 6 rings (SSSR count). The van der Waals surface area contributed by atoms with E-state index in [1.54, 1.807) is 19.1 Å². The van der Waals surface area contributed by atoms with Gasteiger partial charge < -0.3 is 33.5 Å². The van der Waals surface area contributed by atoms with Crippen molar-refractivity contribution < 1.29 is 42.9 Å². The van der Waals surface area contributed by atoms with Gasteiger partial charge in [0.2, 0.25) is 16.6 Å². The Bertz CT molecular complexity index is 2100.